The molecule has 0 saturated heterocycles. The van der Waals surface area contributed by atoms with E-state index in [-0.39, 0.29) is 18.7 Å². The Kier molecular flexibility index (Phi) is 8.84. The number of nitrogens with one attached hydrogen (secondary N) is 1. The SMILES string of the molecule is C=CCOc1cc(C(=O)N[C@H](Cc2ccc(-c3cccc(Cl)c3)cc2)C[C@@H](O)C(O)O)nn1C. The van der Waals surface area contributed by atoms with E-state index in [1.54, 1.807) is 13.1 Å². The van der Waals surface area contributed by atoms with Gasteiger partial charge in [0.05, 0.1) is 0 Å². The van der Waals surface area contributed by atoms with Gasteiger partial charge >= 0.3 is 0 Å². The Morgan fingerprint density at radius 3 is 2.56 bits per heavy atom. The number of hydrogen-bond acceptors (Lipinski definition) is 6. The molecule has 0 aliphatic rings. The van der Waals surface area contributed by atoms with Crippen LogP contribution in [0.25, 0.3) is 11.1 Å². The van der Waals surface area contributed by atoms with Gasteiger partial charge in [0.1, 0.15) is 12.7 Å². The molecule has 0 radical (unpaired) electrons. The lowest BCUT2D eigenvalue weighted by Crippen LogP contribution is -2.41. The van der Waals surface area contributed by atoms with Crippen LogP contribution in [0.5, 0.6) is 5.88 Å². The zero-order valence-corrected chi connectivity index (χ0v) is 19.5. The Hall–Kier alpha value is -3.17. The summed E-state index contributed by atoms with van der Waals surface area (Å²) >= 11 is 6.08. The average Bonchev–Trinajstić information content (AvgIpc) is 3.18. The number of nitrogens with zero attached hydrogens (tertiary/aromatic N) is 2. The largest absolute Gasteiger partial charge is 0.474 e. The van der Waals surface area contributed by atoms with Crippen LogP contribution in [0.3, 0.4) is 0 Å². The van der Waals surface area contributed by atoms with Crippen LogP contribution in [-0.2, 0) is 13.5 Å². The van der Waals surface area contributed by atoms with Gasteiger partial charge in [-0.1, -0.05) is 60.7 Å². The minimum Gasteiger partial charge on any atom is -0.474 e. The summed E-state index contributed by atoms with van der Waals surface area (Å²) in [6.45, 7) is 3.86. The number of hydrogen-bond donors (Lipinski definition) is 4. The number of aliphatic hydroxyl groups is 3. The number of benzene rings is 2. The van der Waals surface area contributed by atoms with E-state index < -0.39 is 24.3 Å². The molecule has 1 heterocycles. The second-order valence-electron chi connectivity index (χ2n) is 7.89. The molecule has 8 nitrogen and oxygen atoms in total. The average molecular weight is 486 g/mol. The molecule has 2 atom stereocenters. The zero-order chi connectivity index (χ0) is 24.7. The fraction of sp³-hybridized carbons (Fsp3) is 0.280. The number of carbonyl (C=O) groups is 1. The molecular weight excluding hydrogens is 458 g/mol. The molecule has 2 aromatic carbocycles. The van der Waals surface area contributed by atoms with Crippen LogP contribution in [-0.4, -0.2) is 56.0 Å². The lowest BCUT2D eigenvalue weighted by molar-refractivity contribution is -0.125. The van der Waals surface area contributed by atoms with Crippen molar-refractivity contribution in [2.24, 2.45) is 7.05 Å². The summed E-state index contributed by atoms with van der Waals surface area (Å²) in [6.07, 6.45) is -1.46. The maximum absolute atomic E-state index is 12.8. The molecule has 1 aromatic heterocycles. The standard InChI is InChI=1S/C25H28ClN3O5/c1-3-11-34-23-15-21(28-29(23)2)24(31)27-20(14-22(30)25(32)33)12-16-7-9-17(10-8-16)18-5-4-6-19(26)13-18/h3-10,13,15,20,22,25,30,32-33H,1,11-12,14H2,2H3,(H,27,31)/t20-,22-/m1/s1. The molecule has 3 rings (SSSR count). The monoisotopic (exact) mass is 485 g/mol. The molecule has 0 saturated carbocycles. The van der Waals surface area contributed by atoms with Crippen molar-refractivity contribution in [3.05, 3.63) is 83.5 Å². The number of aryl methyl sites for hydroxylation is 1. The molecule has 1 amide bonds. The third-order valence-corrected chi connectivity index (χ3v) is 5.45. The predicted molar refractivity (Wildman–Crippen MR) is 130 cm³/mol. The topological polar surface area (TPSA) is 117 Å². The van der Waals surface area contributed by atoms with Crippen LogP contribution in [0, 0.1) is 0 Å². The van der Waals surface area contributed by atoms with Gasteiger partial charge in [0.15, 0.2) is 12.0 Å². The first kappa shape index (κ1) is 25.5. The highest BCUT2D eigenvalue weighted by Crippen LogP contribution is 2.23. The van der Waals surface area contributed by atoms with Gasteiger partial charge in [0.25, 0.3) is 5.91 Å². The maximum Gasteiger partial charge on any atom is 0.272 e. The summed E-state index contributed by atoms with van der Waals surface area (Å²) in [5.74, 6) is -0.0618. The lowest BCUT2D eigenvalue weighted by Gasteiger charge is -2.22. The summed E-state index contributed by atoms with van der Waals surface area (Å²) in [7, 11) is 1.65. The number of rotatable bonds is 11. The van der Waals surface area contributed by atoms with Gasteiger partial charge in [-0.15, -0.1) is 0 Å². The summed E-state index contributed by atoms with van der Waals surface area (Å²) in [5, 5.41) is 36.3. The van der Waals surface area contributed by atoms with Gasteiger partial charge in [-0.25, -0.2) is 4.68 Å². The molecular formula is C25H28ClN3O5. The highest BCUT2D eigenvalue weighted by atomic mass is 35.5. The van der Waals surface area contributed by atoms with E-state index >= 15 is 0 Å². The minimum atomic E-state index is -1.92. The third-order valence-electron chi connectivity index (χ3n) is 5.22. The Bertz CT molecular complexity index is 1110. The maximum atomic E-state index is 12.8. The summed E-state index contributed by atoms with van der Waals surface area (Å²) in [5.41, 5.74) is 3.00. The first-order valence-corrected chi connectivity index (χ1v) is 11.1. The van der Waals surface area contributed by atoms with E-state index in [0.29, 0.717) is 17.3 Å². The molecule has 0 unspecified atom stereocenters. The Balaban J connectivity index is 1.74. The zero-order valence-electron chi connectivity index (χ0n) is 18.8. The second kappa shape index (κ2) is 11.8. The fourth-order valence-electron chi connectivity index (χ4n) is 3.49. The molecule has 9 heteroatoms. The van der Waals surface area contributed by atoms with Crippen molar-refractivity contribution in [1.82, 2.24) is 15.1 Å². The summed E-state index contributed by atoms with van der Waals surface area (Å²) < 4.78 is 6.90. The normalized spacial score (nSPS) is 12.9. The van der Waals surface area contributed by atoms with Gasteiger partial charge in [-0.05, 0) is 41.7 Å². The number of aromatic nitrogens is 2. The molecule has 3 aromatic rings. The summed E-state index contributed by atoms with van der Waals surface area (Å²) in [4.78, 5) is 12.8. The van der Waals surface area contributed by atoms with Crippen LogP contribution in [0.1, 0.15) is 22.5 Å². The van der Waals surface area contributed by atoms with Crippen molar-refractivity contribution in [3.8, 4) is 17.0 Å². The quantitative estimate of drug-likeness (QED) is 0.245. The van der Waals surface area contributed by atoms with Crippen molar-refractivity contribution in [1.29, 1.82) is 0 Å². The lowest BCUT2D eigenvalue weighted by atomic mass is 9.97. The Morgan fingerprint density at radius 2 is 1.91 bits per heavy atom. The Labute approximate surface area is 203 Å². The van der Waals surface area contributed by atoms with Crippen LogP contribution < -0.4 is 10.1 Å². The van der Waals surface area contributed by atoms with Gasteiger partial charge in [-0.3, -0.25) is 4.79 Å². The van der Waals surface area contributed by atoms with Crippen molar-refractivity contribution < 1.29 is 24.9 Å². The van der Waals surface area contributed by atoms with Gasteiger partial charge in [0.2, 0.25) is 5.88 Å². The van der Waals surface area contributed by atoms with Gasteiger partial charge < -0.3 is 25.4 Å². The number of amides is 1. The van der Waals surface area contributed by atoms with E-state index in [1.807, 2.05) is 48.5 Å². The van der Waals surface area contributed by atoms with E-state index in [1.165, 1.54) is 10.7 Å². The number of halogens is 1. The molecule has 0 aliphatic carbocycles. The smallest absolute Gasteiger partial charge is 0.272 e. The highest BCUT2D eigenvalue weighted by Gasteiger charge is 2.23. The predicted octanol–water partition coefficient (Wildman–Crippen LogP) is 2.71. The fourth-order valence-corrected chi connectivity index (χ4v) is 3.68. The van der Waals surface area contributed by atoms with Crippen LogP contribution in [0.4, 0.5) is 0 Å². The highest BCUT2D eigenvalue weighted by molar-refractivity contribution is 6.30. The van der Waals surface area contributed by atoms with Gasteiger partial charge in [-0.2, -0.15) is 5.10 Å². The number of ether oxygens (including phenoxy) is 1. The number of carbonyl (C=O) groups excluding carboxylic acids is 1. The van der Waals surface area contributed by atoms with Crippen LogP contribution in [0.2, 0.25) is 5.02 Å². The van der Waals surface area contributed by atoms with Crippen molar-refractivity contribution >= 4 is 17.5 Å². The first-order chi connectivity index (χ1) is 16.3. The molecule has 0 bridgehead atoms. The van der Waals surface area contributed by atoms with Crippen molar-refractivity contribution in [3.63, 3.8) is 0 Å². The minimum absolute atomic E-state index is 0.0634. The third kappa shape index (κ3) is 6.91. The first-order valence-electron chi connectivity index (χ1n) is 10.7. The van der Waals surface area contributed by atoms with Crippen molar-refractivity contribution in [2.45, 2.75) is 31.3 Å². The summed E-state index contributed by atoms with van der Waals surface area (Å²) in [6, 6.07) is 16.2. The van der Waals surface area contributed by atoms with E-state index in [9.17, 15) is 20.1 Å². The van der Waals surface area contributed by atoms with Crippen molar-refractivity contribution in [2.75, 3.05) is 6.61 Å². The molecule has 0 fully saturated rings. The number of aliphatic hydroxyl groups excluding tert-OH is 2. The second-order valence-corrected chi connectivity index (χ2v) is 8.33. The van der Waals surface area contributed by atoms with Crippen LogP contribution >= 0.6 is 11.6 Å². The molecule has 34 heavy (non-hydrogen) atoms. The van der Waals surface area contributed by atoms with Crippen LogP contribution in [0.15, 0.2) is 67.3 Å². The molecule has 0 aliphatic heterocycles. The molecule has 4 N–H and O–H groups in total. The Morgan fingerprint density at radius 1 is 1.18 bits per heavy atom. The molecule has 180 valence electrons. The molecule has 0 spiro atoms. The van der Waals surface area contributed by atoms with E-state index in [4.69, 9.17) is 16.3 Å². The van der Waals surface area contributed by atoms with E-state index in [0.717, 1.165) is 16.7 Å². The van der Waals surface area contributed by atoms with E-state index in [2.05, 4.69) is 17.0 Å². The van der Waals surface area contributed by atoms with Gasteiger partial charge in [0, 0.05) is 24.2 Å².